The molecule has 31 heavy (non-hydrogen) atoms. The van der Waals surface area contributed by atoms with Crippen LogP contribution in [0.5, 0.6) is 0 Å². The van der Waals surface area contributed by atoms with E-state index in [1.165, 1.54) is 19.3 Å². The summed E-state index contributed by atoms with van der Waals surface area (Å²) in [6, 6.07) is 10.2. The largest absolute Gasteiger partial charge is 0.466 e. The van der Waals surface area contributed by atoms with Gasteiger partial charge >= 0.3 is 5.97 Å². The molecule has 0 spiro atoms. The Morgan fingerprint density at radius 3 is 2.61 bits per heavy atom. The van der Waals surface area contributed by atoms with Gasteiger partial charge in [-0.05, 0) is 51.5 Å². The molecule has 1 fully saturated rings. The average molecular weight is 424 g/mol. The van der Waals surface area contributed by atoms with E-state index in [0.29, 0.717) is 24.8 Å². The first kappa shape index (κ1) is 21.6. The second kappa shape index (κ2) is 9.67. The summed E-state index contributed by atoms with van der Waals surface area (Å²) < 4.78 is 7.40. The number of benzene rings is 1. The Morgan fingerprint density at radius 2 is 1.90 bits per heavy atom. The lowest BCUT2D eigenvalue weighted by molar-refractivity contribution is -0.148. The maximum Gasteiger partial charge on any atom is 0.309 e. The van der Waals surface area contributed by atoms with E-state index in [-0.39, 0.29) is 23.8 Å². The van der Waals surface area contributed by atoms with E-state index in [0.717, 1.165) is 42.5 Å². The van der Waals surface area contributed by atoms with E-state index in [1.54, 1.807) is 0 Å². The van der Waals surface area contributed by atoms with Gasteiger partial charge in [-0.1, -0.05) is 49.6 Å². The first-order valence-electron chi connectivity index (χ1n) is 11.7. The normalized spacial score (nSPS) is 20.0. The van der Waals surface area contributed by atoms with E-state index in [4.69, 9.17) is 9.84 Å². The van der Waals surface area contributed by atoms with Crippen LogP contribution in [0.2, 0.25) is 0 Å². The number of fused-ring (bicyclic) bond motifs is 1. The number of carbonyl (C=O) groups excluding carboxylic acids is 2. The fourth-order valence-corrected chi connectivity index (χ4v) is 5.00. The Balaban J connectivity index is 1.62. The van der Waals surface area contributed by atoms with Crippen LogP contribution in [0.4, 0.5) is 0 Å². The van der Waals surface area contributed by atoms with Crippen LogP contribution in [0.3, 0.4) is 0 Å². The third-order valence-corrected chi connectivity index (χ3v) is 6.70. The third kappa shape index (κ3) is 4.68. The zero-order valence-corrected chi connectivity index (χ0v) is 18.6. The number of rotatable bonds is 6. The number of esters is 1. The van der Waals surface area contributed by atoms with Crippen LogP contribution >= 0.6 is 0 Å². The topological polar surface area (TPSA) is 73.2 Å². The standard InChI is InChI=1S/C25H33N3O3/c1-3-31-25(30)19-14-15-22-21(16-19)23(27-28(22)20-12-8-5-9-13-20)24(29)26-17(2)18-10-6-4-7-11-18/h4,6-7,10-11,17,19-20H,3,5,8-9,12-16H2,1-2H3,(H,26,29)/t17-,19?/m1/s1. The number of nitrogens with one attached hydrogen (secondary N) is 1. The molecule has 0 radical (unpaired) electrons. The van der Waals surface area contributed by atoms with Gasteiger partial charge in [-0.15, -0.1) is 0 Å². The SMILES string of the molecule is CCOC(=O)C1CCc2c(c(C(=O)N[C@H](C)c3ccccc3)nn2C2CCCCC2)C1. The van der Waals surface area contributed by atoms with Crippen LogP contribution in [-0.4, -0.2) is 28.3 Å². The summed E-state index contributed by atoms with van der Waals surface area (Å²) in [4.78, 5) is 25.7. The van der Waals surface area contributed by atoms with Crippen LogP contribution in [0, 0.1) is 5.92 Å². The zero-order valence-electron chi connectivity index (χ0n) is 18.6. The highest BCUT2D eigenvalue weighted by Gasteiger charge is 2.35. The summed E-state index contributed by atoms with van der Waals surface area (Å²) in [6.45, 7) is 4.20. The van der Waals surface area contributed by atoms with Gasteiger partial charge in [0.25, 0.3) is 5.91 Å². The molecule has 166 valence electrons. The quantitative estimate of drug-likeness (QED) is 0.692. The molecule has 1 aromatic heterocycles. The van der Waals surface area contributed by atoms with Crippen LogP contribution < -0.4 is 5.32 Å². The number of ether oxygens (including phenoxy) is 1. The predicted molar refractivity (Wildman–Crippen MR) is 119 cm³/mol. The highest BCUT2D eigenvalue weighted by atomic mass is 16.5. The highest BCUT2D eigenvalue weighted by Crippen LogP contribution is 2.35. The number of nitrogens with zero attached hydrogens (tertiary/aromatic N) is 2. The Morgan fingerprint density at radius 1 is 1.16 bits per heavy atom. The molecule has 0 aliphatic heterocycles. The van der Waals surface area contributed by atoms with Crippen molar-refractivity contribution in [3.05, 3.63) is 52.8 Å². The van der Waals surface area contributed by atoms with Gasteiger partial charge in [-0.3, -0.25) is 14.3 Å². The van der Waals surface area contributed by atoms with Crippen molar-refractivity contribution in [2.45, 2.75) is 77.3 Å². The first-order chi connectivity index (χ1) is 15.1. The summed E-state index contributed by atoms with van der Waals surface area (Å²) in [7, 11) is 0. The van der Waals surface area contributed by atoms with Gasteiger partial charge in [0.05, 0.1) is 24.6 Å². The number of hydrogen-bond donors (Lipinski definition) is 1. The van der Waals surface area contributed by atoms with Crippen LogP contribution in [0.25, 0.3) is 0 Å². The second-order valence-corrected chi connectivity index (χ2v) is 8.81. The zero-order chi connectivity index (χ0) is 21.8. The van der Waals surface area contributed by atoms with Crippen molar-refractivity contribution in [1.29, 1.82) is 0 Å². The number of aromatic nitrogens is 2. The Kier molecular flexibility index (Phi) is 6.73. The summed E-state index contributed by atoms with van der Waals surface area (Å²) in [5.41, 5.74) is 3.62. The summed E-state index contributed by atoms with van der Waals surface area (Å²) in [5.74, 6) is -0.524. The summed E-state index contributed by atoms with van der Waals surface area (Å²) in [6.07, 6.45) is 7.95. The molecular weight excluding hydrogens is 390 g/mol. The molecule has 2 aromatic rings. The molecular formula is C25H33N3O3. The molecule has 6 heteroatoms. The van der Waals surface area contributed by atoms with Crippen LogP contribution in [0.1, 0.15) is 91.8 Å². The van der Waals surface area contributed by atoms with E-state index >= 15 is 0 Å². The Bertz CT molecular complexity index is 916. The third-order valence-electron chi connectivity index (χ3n) is 6.70. The molecule has 1 saturated carbocycles. The Labute approximate surface area is 184 Å². The van der Waals surface area contributed by atoms with Crippen molar-refractivity contribution >= 4 is 11.9 Å². The van der Waals surface area contributed by atoms with Gasteiger partial charge < -0.3 is 10.1 Å². The molecule has 0 bridgehead atoms. The molecule has 2 atom stereocenters. The number of hydrogen-bond acceptors (Lipinski definition) is 4. The smallest absolute Gasteiger partial charge is 0.309 e. The summed E-state index contributed by atoms with van der Waals surface area (Å²) in [5, 5.41) is 7.97. The van der Waals surface area contributed by atoms with E-state index < -0.39 is 0 Å². The lowest BCUT2D eigenvalue weighted by Crippen LogP contribution is -2.30. The number of carbonyl (C=O) groups is 2. The van der Waals surface area contributed by atoms with Crippen LogP contribution in [-0.2, 0) is 22.4 Å². The van der Waals surface area contributed by atoms with E-state index in [1.807, 2.05) is 44.2 Å². The van der Waals surface area contributed by atoms with Gasteiger partial charge in [0.15, 0.2) is 5.69 Å². The molecule has 2 aliphatic rings. The number of amides is 1. The fourth-order valence-electron chi connectivity index (χ4n) is 5.00. The molecule has 1 amide bonds. The molecule has 1 N–H and O–H groups in total. The second-order valence-electron chi connectivity index (χ2n) is 8.81. The Hall–Kier alpha value is -2.63. The lowest BCUT2D eigenvalue weighted by Gasteiger charge is -2.27. The molecule has 0 saturated heterocycles. The van der Waals surface area contributed by atoms with Gasteiger partial charge in [0, 0.05) is 11.3 Å². The average Bonchev–Trinajstić information content (AvgIpc) is 3.19. The van der Waals surface area contributed by atoms with Crippen molar-refractivity contribution in [3.63, 3.8) is 0 Å². The van der Waals surface area contributed by atoms with Crippen molar-refractivity contribution in [2.24, 2.45) is 5.92 Å². The minimum absolute atomic E-state index is 0.117. The molecule has 1 heterocycles. The minimum atomic E-state index is -0.199. The van der Waals surface area contributed by atoms with Crippen molar-refractivity contribution < 1.29 is 14.3 Å². The summed E-state index contributed by atoms with van der Waals surface area (Å²) >= 11 is 0. The van der Waals surface area contributed by atoms with Crippen LogP contribution in [0.15, 0.2) is 30.3 Å². The highest BCUT2D eigenvalue weighted by molar-refractivity contribution is 5.94. The van der Waals surface area contributed by atoms with Gasteiger partial charge in [0.2, 0.25) is 0 Å². The molecule has 4 rings (SSSR count). The predicted octanol–water partition coefficient (Wildman–Crippen LogP) is 4.55. The van der Waals surface area contributed by atoms with Gasteiger partial charge in [-0.25, -0.2) is 0 Å². The molecule has 2 aliphatic carbocycles. The monoisotopic (exact) mass is 423 g/mol. The van der Waals surface area contributed by atoms with Crippen molar-refractivity contribution in [2.75, 3.05) is 6.61 Å². The molecule has 6 nitrogen and oxygen atoms in total. The van der Waals surface area contributed by atoms with Gasteiger partial charge in [-0.2, -0.15) is 5.10 Å². The maximum atomic E-state index is 13.3. The first-order valence-corrected chi connectivity index (χ1v) is 11.7. The lowest BCUT2D eigenvalue weighted by atomic mass is 9.85. The maximum absolute atomic E-state index is 13.3. The van der Waals surface area contributed by atoms with Crippen molar-refractivity contribution in [3.8, 4) is 0 Å². The van der Waals surface area contributed by atoms with Gasteiger partial charge in [0.1, 0.15) is 0 Å². The fraction of sp³-hybridized carbons (Fsp3) is 0.560. The van der Waals surface area contributed by atoms with E-state index in [9.17, 15) is 9.59 Å². The minimum Gasteiger partial charge on any atom is -0.466 e. The van der Waals surface area contributed by atoms with Crippen molar-refractivity contribution in [1.82, 2.24) is 15.1 Å². The van der Waals surface area contributed by atoms with E-state index in [2.05, 4.69) is 10.00 Å². The molecule has 1 aromatic carbocycles. The molecule has 1 unspecified atom stereocenters.